The van der Waals surface area contributed by atoms with Crippen LogP contribution in [-0.2, 0) is 16.1 Å². The molecule has 212 valence electrons. The van der Waals surface area contributed by atoms with E-state index in [2.05, 4.69) is 13.0 Å². The van der Waals surface area contributed by atoms with E-state index in [1.54, 1.807) is 24.0 Å². The van der Waals surface area contributed by atoms with Crippen LogP contribution in [-0.4, -0.2) is 83.5 Å². The molecule has 3 aliphatic rings. The van der Waals surface area contributed by atoms with Crippen molar-refractivity contribution in [2.75, 3.05) is 40.4 Å². The van der Waals surface area contributed by atoms with Gasteiger partial charge in [0.1, 0.15) is 11.5 Å². The monoisotopic (exact) mass is 547 g/mol. The van der Waals surface area contributed by atoms with Gasteiger partial charge in [0.15, 0.2) is 0 Å². The number of ether oxygens (including phenoxy) is 2. The molecule has 3 heterocycles. The number of aliphatic carboxylic acids is 1. The predicted octanol–water partition coefficient (Wildman–Crippen LogP) is 3.73. The Bertz CT molecular complexity index is 1370. The molecule has 0 radical (unpaired) electrons. The van der Waals surface area contributed by atoms with Crippen LogP contribution in [0.2, 0.25) is 0 Å². The van der Waals surface area contributed by atoms with E-state index >= 15 is 0 Å². The topological polar surface area (TPSA) is 99.6 Å². The summed E-state index contributed by atoms with van der Waals surface area (Å²) < 4.78 is 11.2. The molecule has 2 aromatic rings. The van der Waals surface area contributed by atoms with Gasteiger partial charge < -0.3 is 24.4 Å². The minimum absolute atomic E-state index is 0.000517. The zero-order valence-electron chi connectivity index (χ0n) is 23.8. The molecule has 2 saturated heterocycles. The molecule has 2 aromatic carbocycles. The molecule has 2 fully saturated rings. The summed E-state index contributed by atoms with van der Waals surface area (Å²) in [6.45, 7) is 7.03. The molecule has 3 aliphatic heterocycles. The Labute approximate surface area is 235 Å². The average Bonchev–Trinajstić information content (AvgIpc) is 3.07. The Morgan fingerprint density at radius 2 is 1.68 bits per heavy atom. The van der Waals surface area contributed by atoms with Crippen molar-refractivity contribution < 1.29 is 29.0 Å². The van der Waals surface area contributed by atoms with Gasteiger partial charge >= 0.3 is 5.97 Å². The molecule has 5 rings (SSSR count). The molecule has 0 aromatic heterocycles. The fourth-order valence-electron chi connectivity index (χ4n) is 6.75. The Morgan fingerprint density at radius 3 is 2.27 bits per heavy atom. The first kappa shape index (κ1) is 27.7. The van der Waals surface area contributed by atoms with Gasteiger partial charge in [-0.1, -0.05) is 30.2 Å². The largest absolute Gasteiger partial charge is 0.497 e. The molecule has 0 bridgehead atoms. The summed E-state index contributed by atoms with van der Waals surface area (Å²) in [5.41, 5.74) is 4.78. The van der Waals surface area contributed by atoms with Crippen molar-refractivity contribution in [2.45, 2.75) is 51.6 Å². The Kier molecular flexibility index (Phi) is 7.35. The van der Waals surface area contributed by atoms with Gasteiger partial charge in [-0.25, -0.2) is 0 Å². The number of piperazine rings is 1. The van der Waals surface area contributed by atoms with Crippen LogP contribution in [0.5, 0.6) is 11.5 Å². The van der Waals surface area contributed by atoms with E-state index in [1.165, 1.54) is 0 Å². The molecular weight excluding hydrogens is 510 g/mol. The second-order valence-electron chi connectivity index (χ2n) is 11.2. The number of carbonyl (C=O) groups is 3. The molecule has 0 saturated carbocycles. The summed E-state index contributed by atoms with van der Waals surface area (Å²) in [7, 11) is 3.22. The highest BCUT2D eigenvalue weighted by Gasteiger charge is 2.52. The summed E-state index contributed by atoms with van der Waals surface area (Å²) in [4.78, 5) is 44.5. The second kappa shape index (κ2) is 10.6. The minimum atomic E-state index is -0.980. The molecule has 9 nitrogen and oxygen atoms in total. The number of carboxylic acids is 1. The molecule has 1 N–H and O–H groups in total. The van der Waals surface area contributed by atoms with Gasteiger partial charge in [-0.2, -0.15) is 0 Å². The number of amides is 2. The van der Waals surface area contributed by atoms with Crippen molar-refractivity contribution in [3.63, 3.8) is 0 Å². The lowest BCUT2D eigenvalue weighted by molar-refractivity contribution is -0.147. The van der Waals surface area contributed by atoms with E-state index in [9.17, 15) is 19.5 Å². The number of benzene rings is 2. The number of carbonyl (C=O) groups excluding carboxylic acids is 2. The van der Waals surface area contributed by atoms with Crippen molar-refractivity contribution in [2.24, 2.45) is 0 Å². The lowest BCUT2D eigenvalue weighted by Gasteiger charge is -2.54. The van der Waals surface area contributed by atoms with Gasteiger partial charge in [0.25, 0.3) is 5.91 Å². The zero-order chi connectivity index (χ0) is 28.8. The van der Waals surface area contributed by atoms with Crippen molar-refractivity contribution in [1.29, 1.82) is 0 Å². The maximum absolute atomic E-state index is 13.6. The van der Waals surface area contributed by atoms with Crippen LogP contribution in [0.3, 0.4) is 0 Å². The highest BCUT2D eigenvalue weighted by molar-refractivity contribution is 5.94. The molecule has 1 atom stereocenters. The quantitative estimate of drug-likeness (QED) is 0.609. The number of methoxy groups -OCH3 is 2. The lowest BCUT2D eigenvalue weighted by Crippen LogP contribution is -2.66. The fraction of sp³-hybridized carbons (Fsp3) is 0.452. The number of rotatable bonds is 5. The van der Waals surface area contributed by atoms with Crippen LogP contribution < -0.4 is 9.47 Å². The van der Waals surface area contributed by atoms with E-state index in [4.69, 9.17) is 9.47 Å². The van der Waals surface area contributed by atoms with Crippen molar-refractivity contribution >= 4 is 17.8 Å². The standard InChI is InChI=1S/C31H37N3O6/c1-19-10-20(2)12-22(11-19)30(38)32-8-6-31(7-9-32)26-13-21(3)29-23(14-24(39-4)15-25(29)40-5)16-34(26)27(35)17-33(31)18-28(36)37/h10-15,21H,6-9,16-18H2,1-5H3,(H,36,37)/t21-/m0/s1. The van der Waals surface area contributed by atoms with Crippen molar-refractivity contribution in [1.82, 2.24) is 14.7 Å². The zero-order valence-corrected chi connectivity index (χ0v) is 23.8. The van der Waals surface area contributed by atoms with E-state index in [0.717, 1.165) is 28.0 Å². The van der Waals surface area contributed by atoms with Gasteiger partial charge in [0.05, 0.1) is 39.4 Å². The highest BCUT2D eigenvalue weighted by atomic mass is 16.5. The molecule has 2 amide bonds. The Morgan fingerprint density at radius 1 is 1.00 bits per heavy atom. The first-order valence-electron chi connectivity index (χ1n) is 13.7. The minimum Gasteiger partial charge on any atom is -0.497 e. The fourth-order valence-corrected chi connectivity index (χ4v) is 6.75. The van der Waals surface area contributed by atoms with Crippen LogP contribution in [0.15, 0.2) is 42.1 Å². The second-order valence-corrected chi connectivity index (χ2v) is 11.2. The highest BCUT2D eigenvalue weighted by Crippen LogP contribution is 2.46. The number of piperidine rings is 1. The van der Waals surface area contributed by atoms with Crippen LogP contribution >= 0.6 is 0 Å². The summed E-state index contributed by atoms with van der Waals surface area (Å²) in [6, 6.07) is 9.66. The molecule has 40 heavy (non-hydrogen) atoms. The number of hydrogen-bond donors (Lipinski definition) is 1. The van der Waals surface area contributed by atoms with Gasteiger partial charge in [-0.15, -0.1) is 0 Å². The summed E-state index contributed by atoms with van der Waals surface area (Å²) in [5.74, 6) is 0.0929. The summed E-state index contributed by atoms with van der Waals surface area (Å²) in [6.07, 6.45) is 3.14. The van der Waals surface area contributed by atoms with E-state index in [-0.39, 0.29) is 30.8 Å². The Hall–Kier alpha value is -3.85. The smallest absolute Gasteiger partial charge is 0.317 e. The third-order valence-corrected chi connectivity index (χ3v) is 8.52. The number of likely N-dealkylation sites (tertiary alicyclic amines) is 1. The van der Waals surface area contributed by atoms with Crippen molar-refractivity contribution in [3.05, 3.63) is 69.9 Å². The summed E-state index contributed by atoms with van der Waals surface area (Å²) in [5, 5.41) is 9.80. The van der Waals surface area contributed by atoms with E-state index in [1.807, 2.05) is 49.1 Å². The van der Waals surface area contributed by atoms with Gasteiger partial charge in [0.2, 0.25) is 5.91 Å². The average molecular weight is 548 g/mol. The van der Waals surface area contributed by atoms with Crippen molar-refractivity contribution in [3.8, 4) is 11.5 Å². The van der Waals surface area contributed by atoms with Crippen LogP contribution in [0, 0.1) is 13.8 Å². The first-order valence-corrected chi connectivity index (χ1v) is 13.7. The number of aryl methyl sites for hydroxylation is 2. The summed E-state index contributed by atoms with van der Waals surface area (Å²) >= 11 is 0. The molecular formula is C31H37N3O6. The molecule has 9 heteroatoms. The number of hydrogen-bond acceptors (Lipinski definition) is 6. The third kappa shape index (κ3) is 4.83. The number of carboxylic acid groups (broad SMARTS) is 1. The van der Waals surface area contributed by atoms with E-state index in [0.29, 0.717) is 49.5 Å². The van der Waals surface area contributed by atoms with Gasteiger partial charge in [0, 0.05) is 41.9 Å². The third-order valence-electron chi connectivity index (χ3n) is 8.52. The number of allylic oxidation sites excluding steroid dienone is 1. The van der Waals surface area contributed by atoms with Crippen LogP contribution in [0.4, 0.5) is 0 Å². The maximum atomic E-state index is 13.6. The maximum Gasteiger partial charge on any atom is 0.317 e. The van der Waals surface area contributed by atoms with Crippen LogP contribution in [0.25, 0.3) is 0 Å². The normalized spacial score (nSPS) is 20.4. The van der Waals surface area contributed by atoms with Gasteiger partial charge in [-0.05, 0) is 50.5 Å². The predicted molar refractivity (Wildman–Crippen MR) is 150 cm³/mol. The number of nitrogens with zero attached hydrogens (tertiary/aromatic N) is 3. The number of fused-ring (bicyclic) bond motifs is 3. The lowest BCUT2D eigenvalue weighted by atomic mass is 9.78. The molecule has 1 spiro atoms. The van der Waals surface area contributed by atoms with E-state index < -0.39 is 11.5 Å². The SMILES string of the molecule is COc1cc2c(c(OC)c1)[C@@H](C)C=C1N(C2)C(=O)CN(CC(=O)O)C12CCN(C(=O)c1cc(C)cc(C)c1)CC2. The first-order chi connectivity index (χ1) is 19.1. The molecule has 0 unspecified atom stereocenters. The molecule has 0 aliphatic carbocycles. The Balaban J connectivity index is 1.53. The van der Waals surface area contributed by atoms with Gasteiger partial charge in [-0.3, -0.25) is 19.3 Å². The van der Waals surface area contributed by atoms with Crippen LogP contribution in [0.1, 0.15) is 58.3 Å².